The summed E-state index contributed by atoms with van der Waals surface area (Å²) in [4.78, 5) is 11.3. The van der Waals surface area contributed by atoms with Crippen LogP contribution in [0, 0.1) is 5.82 Å². The van der Waals surface area contributed by atoms with Gasteiger partial charge in [0, 0.05) is 6.20 Å². The summed E-state index contributed by atoms with van der Waals surface area (Å²) in [5.74, 6) is -17.1. The summed E-state index contributed by atoms with van der Waals surface area (Å²) in [7, 11) is 0. The lowest BCUT2D eigenvalue weighted by atomic mass is 10.1. The average Bonchev–Trinajstić information content (AvgIpc) is 2.85. The molecule has 1 amide bonds. The summed E-state index contributed by atoms with van der Waals surface area (Å²) < 4.78 is 103. The predicted molar refractivity (Wildman–Crippen MR) is 77.3 cm³/mol. The highest BCUT2D eigenvalue weighted by atomic mass is 35.5. The molecular formula is C14H8ClF8N3O. The second-order valence-electron chi connectivity index (χ2n) is 5.25. The molecule has 1 heterocycles. The van der Waals surface area contributed by atoms with Gasteiger partial charge in [-0.2, -0.15) is 35.8 Å². The van der Waals surface area contributed by atoms with Crippen molar-refractivity contribution < 1.29 is 39.9 Å². The van der Waals surface area contributed by atoms with Crippen LogP contribution in [0.15, 0.2) is 30.5 Å². The molecule has 0 radical (unpaired) electrons. The zero-order valence-electron chi connectivity index (χ0n) is 12.8. The Hall–Kier alpha value is -2.37. The summed E-state index contributed by atoms with van der Waals surface area (Å²) in [5, 5.41) is 4.13. The number of hydrogen-bond donors (Lipinski definition) is 1. The first-order chi connectivity index (χ1) is 12.3. The van der Waals surface area contributed by atoms with E-state index in [4.69, 9.17) is 11.6 Å². The van der Waals surface area contributed by atoms with Crippen LogP contribution in [0.2, 0.25) is 5.02 Å². The van der Waals surface area contributed by atoms with Crippen molar-refractivity contribution in [3.05, 3.63) is 46.9 Å². The Labute approximate surface area is 150 Å². The van der Waals surface area contributed by atoms with Crippen LogP contribution in [0.1, 0.15) is 5.56 Å². The monoisotopic (exact) mass is 421 g/mol. The number of alkyl halides is 7. The third-order valence-electron chi connectivity index (χ3n) is 3.22. The number of anilines is 1. The molecule has 0 bridgehead atoms. The Morgan fingerprint density at radius 3 is 2.33 bits per heavy atom. The van der Waals surface area contributed by atoms with Crippen molar-refractivity contribution in [2.24, 2.45) is 0 Å². The molecule has 2 rings (SSSR count). The third kappa shape index (κ3) is 4.15. The highest BCUT2D eigenvalue weighted by molar-refractivity contribution is 6.33. The van der Waals surface area contributed by atoms with Gasteiger partial charge in [-0.1, -0.05) is 23.7 Å². The number of rotatable bonds is 5. The smallest absolute Gasteiger partial charge is 0.302 e. The van der Waals surface area contributed by atoms with Crippen LogP contribution in [0.3, 0.4) is 0 Å². The first kappa shape index (κ1) is 20.9. The Balaban J connectivity index is 2.20. The van der Waals surface area contributed by atoms with Crippen molar-refractivity contribution in [2.75, 3.05) is 5.32 Å². The predicted octanol–water partition coefficient (Wildman–Crippen LogP) is 4.50. The van der Waals surface area contributed by atoms with Gasteiger partial charge in [-0.05, 0) is 17.7 Å². The van der Waals surface area contributed by atoms with E-state index in [-0.39, 0.29) is 6.54 Å². The van der Waals surface area contributed by atoms with Gasteiger partial charge >= 0.3 is 23.9 Å². The number of aromatic nitrogens is 2. The summed E-state index contributed by atoms with van der Waals surface area (Å²) in [6.45, 7) is -0.150. The number of amides is 1. The van der Waals surface area contributed by atoms with Crippen molar-refractivity contribution in [3.63, 3.8) is 0 Å². The van der Waals surface area contributed by atoms with Crippen LogP contribution < -0.4 is 5.32 Å². The fraction of sp³-hybridized carbons (Fsp3) is 0.286. The highest BCUT2D eigenvalue weighted by Gasteiger charge is 2.76. The first-order valence-corrected chi connectivity index (χ1v) is 7.24. The molecule has 0 aliphatic carbocycles. The normalized spacial score (nSPS) is 12.9. The molecule has 1 N–H and O–H groups in total. The number of nitrogens with one attached hydrogen (secondary N) is 1. The van der Waals surface area contributed by atoms with E-state index >= 15 is 0 Å². The van der Waals surface area contributed by atoms with E-state index < -0.39 is 40.6 Å². The number of benzene rings is 1. The standard InChI is InChI=1S/C14H8ClF8N3O/c15-9-6-26(5-7-2-1-3-8(16)4-7)25-10(9)24-11(27)12(17,18)13(19,20)14(21,22)23/h1-4,6H,5H2,(H,24,25,27). The Morgan fingerprint density at radius 2 is 1.78 bits per heavy atom. The largest absolute Gasteiger partial charge is 0.460 e. The van der Waals surface area contributed by atoms with Crippen LogP contribution in [-0.4, -0.2) is 33.7 Å². The van der Waals surface area contributed by atoms with E-state index in [1.165, 1.54) is 12.1 Å². The molecule has 0 spiro atoms. The zero-order chi connectivity index (χ0) is 20.6. The van der Waals surface area contributed by atoms with Gasteiger partial charge in [0.05, 0.1) is 6.54 Å². The zero-order valence-corrected chi connectivity index (χ0v) is 13.6. The lowest BCUT2D eigenvalue weighted by Gasteiger charge is -2.26. The van der Waals surface area contributed by atoms with Gasteiger partial charge in [0.25, 0.3) is 0 Å². The second-order valence-corrected chi connectivity index (χ2v) is 5.66. The lowest BCUT2D eigenvalue weighted by molar-refractivity contribution is -0.343. The molecule has 0 aliphatic rings. The fourth-order valence-corrected chi connectivity index (χ4v) is 2.09. The molecule has 1 aromatic heterocycles. The van der Waals surface area contributed by atoms with Gasteiger partial charge in [0.1, 0.15) is 10.8 Å². The minimum absolute atomic E-state index is 0.150. The minimum atomic E-state index is -6.66. The Morgan fingerprint density at radius 1 is 1.15 bits per heavy atom. The molecule has 0 unspecified atom stereocenters. The van der Waals surface area contributed by atoms with Crippen molar-refractivity contribution in [1.29, 1.82) is 0 Å². The van der Waals surface area contributed by atoms with Crippen molar-refractivity contribution in [3.8, 4) is 0 Å². The summed E-state index contributed by atoms with van der Waals surface area (Å²) in [6.07, 6.45) is -5.68. The molecule has 13 heteroatoms. The molecule has 4 nitrogen and oxygen atoms in total. The molecule has 1 aromatic carbocycles. The van der Waals surface area contributed by atoms with Gasteiger partial charge in [-0.25, -0.2) is 4.39 Å². The van der Waals surface area contributed by atoms with Crippen molar-refractivity contribution in [2.45, 2.75) is 24.6 Å². The maximum atomic E-state index is 13.3. The number of carbonyl (C=O) groups excluding carboxylic acids is 1. The number of carbonyl (C=O) groups is 1. The third-order valence-corrected chi connectivity index (χ3v) is 3.49. The highest BCUT2D eigenvalue weighted by Crippen LogP contribution is 2.47. The molecule has 2 aromatic rings. The van der Waals surface area contributed by atoms with E-state index in [2.05, 4.69) is 5.10 Å². The number of nitrogens with zero attached hydrogens (tertiary/aromatic N) is 2. The van der Waals surface area contributed by atoms with Gasteiger partial charge in [-0.3, -0.25) is 9.48 Å². The van der Waals surface area contributed by atoms with E-state index in [1.54, 1.807) is 0 Å². The van der Waals surface area contributed by atoms with Crippen LogP contribution in [0.5, 0.6) is 0 Å². The Kier molecular flexibility index (Phi) is 5.41. The molecular weight excluding hydrogens is 414 g/mol. The minimum Gasteiger partial charge on any atom is -0.302 e. The molecule has 0 saturated carbocycles. The molecule has 0 fully saturated rings. The first-order valence-electron chi connectivity index (χ1n) is 6.87. The van der Waals surface area contributed by atoms with Gasteiger partial charge < -0.3 is 5.32 Å². The number of hydrogen-bond acceptors (Lipinski definition) is 2. The summed E-state index contributed by atoms with van der Waals surface area (Å²) in [6, 6.07) is 5.08. The van der Waals surface area contributed by atoms with Gasteiger partial charge in [0.2, 0.25) is 0 Å². The van der Waals surface area contributed by atoms with Crippen LogP contribution in [0.25, 0.3) is 0 Å². The molecule has 0 saturated heterocycles. The Bertz CT molecular complexity index is 849. The second kappa shape index (κ2) is 6.98. The molecule has 148 valence electrons. The van der Waals surface area contributed by atoms with E-state index in [9.17, 15) is 39.9 Å². The van der Waals surface area contributed by atoms with E-state index in [1.807, 2.05) is 0 Å². The molecule has 0 atom stereocenters. The summed E-state index contributed by atoms with van der Waals surface area (Å²) >= 11 is 5.61. The average molecular weight is 422 g/mol. The van der Waals surface area contributed by atoms with E-state index in [0.29, 0.717) is 5.56 Å². The van der Waals surface area contributed by atoms with Crippen molar-refractivity contribution in [1.82, 2.24) is 9.78 Å². The van der Waals surface area contributed by atoms with Crippen LogP contribution in [0.4, 0.5) is 40.9 Å². The lowest BCUT2D eigenvalue weighted by Crippen LogP contribution is -2.57. The van der Waals surface area contributed by atoms with Crippen molar-refractivity contribution >= 4 is 23.3 Å². The fourth-order valence-electron chi connectivity index (χ4n) is 1.89. The topological polar surface area (TPSA) is 46.9 Å². The maximum absolute atomic E-state index is 13.3. The quantitative estimate of drug-likeness (QED) is 0.723. The van der Waals surface area contributed by atoms with E-state index in [0.717, 1.165) is 28.3 Å². The van der Waals surface area contributed by atoms with Crippen LogP contribution in [-0.2, 0) is 11.3 Å². The SMILES string of the molecule is O=C(Nc1nn(Cc2cccc(F)c2)cc1Cl)C(F)(F)C(F)(F)C(F)(F)F. The summed E-state index contributed by atoms with van der Waals surface area (Å²) in [5.41, 5.74) is 0.348. The molecule has 27 heavy (non-hydrogen) atoms. The van der Waals surface area contributed by atoms with Gasteiger partial charge in [-0.15, -0.1) is 0 Å². The van der Waals surface area contributed by atoms with Gasteiger partial charge in [0.15, 0.2) is 5.82 Å². The van der Waals surface area contributed by atoms with Crippen LogP contribution >= 0.6 is 11.6 Å². The maximum Gasteiger partial charge on any atom is 0.460 e. The molecule has 0 aliphatic heterocycles. The number of halogens is 9.